The van der Waals surface area contributed by atoms with Crippen molar-refractivity contribution in [1.82, 2.24) is 0 Å². The first-order valence-electron chi connectivity index (χ1n) is 7.46. The first kappa shape index (κ1) is 24.8. The van der Waals surface area contributed by atoms with E-state index in [1.165, 1.54) is 0 Å². The summed E-state index contributed by atoms with van der Waals surface area (Å²) in [5.41, 5.74) is 0. The lowest BCUT2D eigenvalue weighted by molar-refractivity contribution is -0.192. The predicted molar refractivity (Wildman–Crippen MR) is 85.2 cm³/mol. The maximum atomic E-state index is 12.3. The van der Waals surface area contributed by atoms with Gasteiger partial charge in [-0.05, 0) is 19.3 Å². The van der Waals surface area contributed by atoms with E-state index in [1.54, 1.807) is 20.8 Å². The Bertz CT molecular complexity index is 512. The highest BCUT2D eigenvalue weighted by Crippen LogP contribution is 2.82. The van der Waals surface area contributed by atoms with Crippen molar-refractivity contribution >= 4 is 28.8 Å². The number of carboxylic acid groups (broad SMARTS) is 1. The molecule has 1 aliphatic heterocycles. The van der Waals surface area contributed by atoms with Gasteiger partial charge in [-0.25, -0.2) is 17.7 Å². The second-order valence-corrected chi connectivity index (χ2v) is 12.0. The summed E-state index contributed by atoms with van der Waals surface area (Å²) < 4.78 is 84.0. The van der Waals surface area contributed by atoms with Gasteiger partial charge in [-0.3, -0.25) is 13.7 Å². The highest BCUT2D eigenvalue weighted by Gasteiger charge is 2.51. The molecule has 0 atom stereocenters. The molecule has 0 bridgehead atoms. The predicted octanol–water partition coefficient (Wildman–Crippen LogP) is 5.49. The number of hydrogen-bond donors (Lipinski definition) is 1. The molecule has 0 aliphatic carbocycles. The third-order valence-corrected chi connectivity index (χ3v) is 11.4. The van der Waals surface area contributed by atoms with Gasteiger partial charge < -0.3 is 5.11 Å². The Morgan fingerprint density at radius 1 is 0.800 bits per heavy atom. The zero-order valence-electron chi connectivity index (χ0n) is 14.0. The molecule has 1 saturated heterocycles. The van der Waals surface area contributed by atoms with Crippen molar-refractivity contribution in [2.45, 2.75) is 46.2 Å². The van der Waals surface area contributed by atoms with Crippen LogP contribution in [0, 0.1) is 0 Å². The van der Waals surface area contributed by atoms with Gasteiger partial charge in [0.1, 0.15) is 0 Å². The Balaban J connectivity index is 0.000000697. The van der Waals surface area contributed by atoms with Gasteiger partial charge in [0.2, 0.25) is 0 Å². The van der Waals surface area contributed by atoms with Crippen LogP contribution in [0.2, 0.25) is 0 Å². The van der Waals surface area contributed by atoms with Crippen LogP contribution in [-0.2, 0) is 31.4 Å². The summed E-state index contributed by atoms with van der Waals surface area (Å²) in [6.45, 7) is 5.41. The van der Waals surface area contributed by atoms with Crippen LogP contribution in [0.4, 0.5) is 13.2 Å². The van der Waals surface area contributed by atoms with E-state index in [4.69, 9.17) is 22.8 Å². The fourth-order valence-corrected chi connectivity index (χ4v) is 11.0. The molecule has 25 heavy (non-hydrogen) atoms. The molecular formula is C11H22F3O8P3. The van der Waals surface area contributed by atoms with Gasteiger partial charge in [0.25, 0.3) is 0 Å². The van der Waals surface area contributed by atoms with Crippen LogP contribution in [0.25, 0.3) is 0 Å². The molecule has 1 rings (SSSR count). The maximum absolute atomic E-state index is 12.3. The Morgan fingerprint density at radius 2 is 1.00 bits per heavy atom. The van der Waals surface area contributed by atoms with Crippen molar-refractivity contribution in [3.05, 3.63) is 0 Å². The summed E-state index contributed by atoms with van der Waals surface area (Å²) in [6, 6.07) is 0. The summed E-state index contributed by atoms with van der Waals surface area (Å²) in [4.78, 5) is 8.90. The van der Waals surface area contributed by atoms with Crippen LogP contribution in [0.3, 0.4) is 0 Å². The van der Waals surface area contributed by atoms with Crippen LogP contribution in [-0.4, -0.2) is 35.7 Å². The molecule has 0 unspecified atom stereocenters. The molecule has 1 aliphatic rings. The number of alkyl halides is 3. The molecule has 8 nitrogen and oxygen atoms in total. The second-order valence-electron chi connectivity index (χ2n) is 5.05. The average molecular weight is 432 g/mol. The minimum atomic E-state index is -5.08. The van der Waals surface area contributed by atoms with Crippen LogP contribution in [0.1, 0.15) is 40.0 Å². The van der Waals surface area contributed by atoms with Crippen LogP contribution < -0.4 is 0 Å². The lowest BCUT2D eigenvalue weighted by Crippen LogP contribution is -2.21. The molecule has 1 N–H and O–H groups in total. The van der Waals surface area contributed by atoms with Crippen molar-refractivity contribution < 1.29 is 49.7 Å². The standard InChI is InChI=1S/C9H21O6P3.C2HF3O2/c1-4-7-16(10)13-17(11,8-5-2)15-18(12,14-16)9-6-3;3-2(4,5)1(6)7/h4-9H2,1-3H3;(H,6,7). The summed E-state index contributed by atoms with van der Waals surface area (Å²) >= 11 is 0. The molecule has 0 saturated carbocycles. The zero-order valence-corrected chi connectivity index (χ0v) is 16.7. The molecule has 0 spiro atoms. The quantitative estimate of drug-likeness (QED) is 0.548. The zero-order chi connectivity index (χ0) is 19.9. The van der Waals surface area contributed by atoms with Crippen molar-refractivity contribution in [2.24, 2.45) is 0 Å². The van der Waals surface area contributed by atoms with E-state index in [-0.39, 0.29) is 18.5 Å². The Labute approximate surface area is 144 Å². The molecule has 0 aromatic carbocycles. The molecule has 150 valence electrons. The van der Waals surface area contributed by atoms with Crippen molar-refractivity contribution in [3.8, 4) is 0 Å². The van der Waals surface area contributed by atoms with Crippen LogP contribution in [0.5, 0.6) is 0 Å². The third-order valence-electron chi connectivity index (χ3n) is 2.48. The smallest absolute Gasteiger partial charge is 0.475 e. The van der Waals surface area contributed by atoms with E-state index >= 15 is 0 Å². The van der Waals surface area contributed by atoms with Gasteiger partial charge in [-0.2, -0.15) is 13.2 Å². The van der Waals surface area contributed by atoms with E-state index in [0.717, 1.165) is 0 Å². The molecule has 0 aromatic heterocycles. The van der Waals surface area contributed by atoms with Crippen LogP contribution in [0.15, 0.2) is 0 Å². The topological polar surface area (TPSA) is 116 Å². The van der Waals surface area contributed by atoms with E-state index in [1.807, 2.05) is 0 Å². The SMILES string of the molecule is CCCP1(=O)OP(=O)(CCC)OP(=O)(CCC)O1.O=C(O)C(F)(F)F. The number of rotatable bonds is 6. The normalized spacial score (nSPS) is 32.6. The molecule has 1 fully saturated rings. The Morgan fingerprint density at radius 3 is 1.12 bits per heavy atom. The summed E-state index contributed by atoms with van der Waals surface area (Å²) in [5, 5.41) is 7.12. The highest BCUT2D eigenvalue weighted by molar-refractivity contribution is 7.80. The minimum Gasteiger partial charge on any atom is -0.475 e. The largest absolute Gasteiger partial charge is 0.490 e. The number of carboxylic acids is 1. The van der Waals surface area contributed by atoms with Crippen molar-refractivity contribution in [1.29, 1.82) is 0 Å². The van der Waals surface area contributed by atoms with Gasteiger partial charge in [0.15, 0.2) is 0 Å². The summed E-state index contributed by atoms with van der Waals surface area (Å²) in [5.74, 6) is -2.76. The first-order chi connectivity index (χ1) is 11.2. The molecule has 0 amide bonds. The van der Waals surface area contributed by atoms with Crippen molar-refractivity contribution in [2.75, 3.05) is 18.5 Å². The lowest BCUT2D eigenvalue weighted by Gasteiger charge is -2.33. The Kier molecular flexibility index (Phi) is 9.61. The van der Waals surface area contributed by atoms with Gasteiger partial charge in [0.05, 0.1) is 18.5 Å². The lowest BCUT2D eigenvalue weighted by atomic mass is 10.6. The third kappa shape index (κ3) is 8.85. The summed E-state index contributed by atoms with van der Waals surface area (Å²) in [7, 11) is -10.7. The number of carbonyl (C=O) groups is 1. The summed E-state index contributed by atoms with van der Waals surface area (Å²) in [6.07, 6.45) is -3.14. The minimum absolute atomic E-state index is 0.109. The Hall–Kier alpha value is -0.170. The van der Waals surface area contributed by atoms with Gasteiger partial charge >= 0.3 is 34.9 Å². The molecule has 1 heterocycles. The number of halogens is 3. The fraction of sp³-hybridized carbons (Fsp3) is 0.909. The van der Waals surface area contributed by atoms with E-state index < -0.39 is 34.9 Å². The molecule has 0 aromatic rings. The van der Waals surface area contributed by atoms with Gasteiger partial charge in [-0.1, -0.05) is 20.8 Å². The van der Waals surface area contributed by atoms with E-state index in [2.05, 4.69) is 0 Å². The highest BCUT2D eigenvalue weighted by atomic mass is 31.3. The van der Waals surface area contributed by atoms with Gasteiger partial charge in [0, 0.05) is 0 Å². The average Bonchev–Trinajstić information content (AvgIpc) is 2.35. The number of aliphatic carboxylic acids is 1. The molecular weight excluding hydrogens is 410 g/mol. The van der Waals surface area contributed by atoms with Crippen LogP contribution >= 0.6 is 22.8 Å². The maximum Gasteiger partial charge on any atom is 0.490 e. The van der Waals surface area contributed by atoms with E-state index in [9.17, 15) is 26.9 Å². The molecule has 14 heteroatoms. The monoisotopic (exact) mass is 432 g/mol. The van der Waals surface area contributed by atoms with E-state index in [0.29, 0.717) is 19.3 Å². The molecule has 0 radical (unpaired) electrons. The fourth-order valence-electron chi connectivity index (χ4n) is 1.68. The van der Waals surface area contributed by atoms with Gasteiger partial charge in [-0.15, -0.1) is 0 Å². The first-order valence-corrected chi connectivity index (χ1v) is 12.6. The second kappa shape index (κ2) is 9.67. The number of hydrogen-bond acceptors (Lipinski definition) is 7. The van der Waals surface area contributed by atoms with Crippen molar-refractivity contribution in [3.63, 3.8) is 0 Å².